The zero-order chi connectivity index (χ0) is 14.2. The van der Waals surface area contributed by atoms with Crippen molar-refractivity contribution < 1.29 is 0 Å². The van der Waals surface area contributed by atoms with Gasteiger partial charge in [0.2, 0.25) is 0 Å². The molecule has 1 atom stereocenters. The Morgan fingerprint density at radius 2 is 1.67 bits per heavy atom. The van der Waals surface area contributed by atoms with Crippen molar-refractivity contribution in [1.29, 1.82) is 0 Å². The second-order valence-corrected chi connectivity index (χ2v) is 6.66. The summed E-state index contributed by atoms with van der Waals surface area (Å²) in [4.78, 5) is 2.64. The normalized spacial score (nSPS) is 15.7. The molecule has 0 heterocycles. The molecule has 0 aliphatic rings. The van der Waals surface area contributed by atoms with Gasteiger partial charge in [-0.25, -0.2) is 0 Å². The minimum absolute atomic E-state index is 0.401. The fraction of sp³-hybridized carbons (Fsp3) is 1.00. The molecule has 18 heavy (non-hydrogen) atoms. The highest BCUT2D eigenvalue weighted by atomic mass is 15.2. The molecule has 0 aromatic rings. The van der Waals surface area contributed by atoms with Crippen LogP contribution in [0.25, 0.3) is 0 Å². The molecule has 0 bridgehead atoms. The van der Waals surface area contributed by atoms with Crippen molar-refractivity contribution in [3.8, 4) is 0 Å². The Bertz CT molecular complexity index is 201. The van der Waals surface area contributed by atoms with Gasteiger partial charge in [0, 0.05) is 25.2 Å². The molecular formula is C16H36N2. The van der Waals surface area contributed by atoms with Crippen LogP contribution >= 0.6 is 0 Å². The Hall–Kier alpha value is -0.0800. The molecule has 110 valence electrons. The molecule has 2 nitrogen and oxygen atoms in total. The average molecular weight is 256 g/mol. The summed E-state index contributed by atoms with van der Waals surface area (Å²) >= 11 is 0. The van der Waals surface area contributed by atoms with Crippen LogP contribution in [-0.4, -0.2) is 36.6 Å². The topological polar surface area (TPSA) is 15.3 Å². The van der Waals surface area contributed by atoms with Gasteiger partial charge in [0.1, 0.15) is 0 Å². The Balaban J connectivity index is 4.54. The average Bonchev–Trinajstić information content (AvgIpc) is 2.26. The summed E-state index contributed by atoms with van der Waals surface area (Å²) in [6.07, 6.45) is 3.83. The van der Waals surface area contributed by atoms with E-state index in [-0.39, 0.29) is 0 Å². The quantitative estimate of drug-likeness (QED) is 0.637. The molecule has 0 aliphatic carbocycles. The third kappa shape index (κ3) is 7.38. The predicted molar refractivity (Wildman–Crippen MR) is 83.2 cm³/mol. The molecule has 0 aromatic heterocycles. The first-order valence-corrected chi connectivity index (χ1v) is 7.82. The third-order valence-electron chi connectivity index (χ3n) is 3.62. The summed E-state index contributed by atoms with van der Waals surface area (Å²) in [5.74, 6) is 0. The zero-order valence-corrected chi connectivity index (χ0v) is 13.8. The second kappa shape index (κ2) is 8.92. The molecule has 1 unspecified atom stereocenters. The molecular weight excluding hydrogens is 220 g/mol. The summed E-state index contributed by atoms with van der Waals surface area (Å²) in [6.45, 7) is 19.7. The van der Waals surface area contributed by atoms with Crippen LogP contribution in [0.3, 0.4) is 0 Å². The summed E-state index contributed by atoms with van der Waals surface area (Å²) < 4.78 is 0. The molecule has 0 fully saturated rings. The molecule has 0 saturated carbocycles. The standard InChI is InChI=1S/C16H36N2/c1-8-10-16(7,12-17-14(3)4)13-18(11-9-2)15(5)6/h14-15,17H,8-13H2,1-7H3. The Morgan fingerprint density at radius 3 is 2.06 bits per heavy atom. The maximum atomic E-state index is 3.63. The number of nitrogens with one attached hydrogen (secondary N) is 1. The lowest BCUT2D eigenvalue weighted by atomic mass is 9.84. The highest BCUT2D eigenvalue weighted by molar-refractivity contribution is 4.82. The van der Waals surface area contributed by atoms with E-state index >= 15 is 0 Å². The fourth-order valence-electron chi connectivity index (χ4n) is 2.57. The Labute approximate surface area is 116 Å². The van der Waals surface area contributed by atoms with Crippen molar-refractivity contribution in [2.45, 2.75) is 79.8 Å². The van der Waals surface area contributed by atoms with Gasteiger partial charge in [-0.05, 0) is 38.6 Å². The van der Waals surface area contributed by atoms with Crippen molar-refractivity contribution in [2.24, 2.45) is 5.41 Å². The second-order valence-electron chi connectivity index (χ2n) is 6.66. The van der Waals surface area contributed by atoms with E-state index in [1.165, 1.54) is 32.4 Å². The molecule has 0 aromatic carbocycles. The van der Waals surface area contributed by atoms with E-state index in [9.17, 15) is 0 Å². The van der Waals surface area contributed by atoms with Gasteiger partial charge in [0.05, 0.1) is 0 Å². The molecule has 0 spiro atoms. The van der Waals surface area contributed by atoms with Crippen LogP contribution in [0.5, 0.6) is 0 Å². The van der Waals surface area contributed by atoms with E-state index < -0.39 is 0 Å². The molecule has 0 aliphatic heterocycles. The van der Waals surface area contributed by atoms with E-state index in [1.807, 2.05) is 0 Å². The summed E-state index contributed by atoms with van der Waals surface area (Å²) in [5, 5.41) is 3.63. The van der Waals surface area contributed by atoms with Crippen LogP contribution in [0.2, 0.25) is 0 Å². The first kappa shape index (κ1) is 17.9. The first-order valence-electron chi connectivity index (χ1n) is 7.82. The van der Waals surface area contributed by atoms with Crippen LogP contribution < -0.4 is 5.32 Å². The van der Waals surface area contributed by atoms with Crippen molar-refractivity contribution in [3.63, 3.8) is 0 Å². The lowest BCUT2D eigenvalue weighted by molar-refractivity contribution is 0.120. The van der Waals surface area contributed by atoms with Crippen molar-refractivity contribution >= 4 is 0 Å². The lowest BCUT2D eigenvalue weighted by Crippen LogP contribution is -2.46. The largest absolute Gasteiger partial charge is 0.314 e. The van der Waals surface area contributed by atoms with Crippen LogP contribution in [-0.2, 0) is 0 Å². The molecule has 2 heteroatoms. The maximum absolute atomic E-state index is 3.63. The maximum Gasteiger partial charge on any atom is 0.00502 e. The summed E-state index contributed by atoms with van der Waals surface area (Å²) in [7, 11) is 0. The number of nitrogens with zero attached hydrogens (tertiary/aromatic N) is 1. The van der Waals surface area contributed by atoms with Crippen LogP contribution in [0.4, 0.5) is 0 Å². The zero-order valence-electron chi connectivity index (χ0n) is 13.8. The van der Waals surface area contributed by atoms with E-state index in [0.29, 0.717) is 17.5 Å². The molecule has 0 saturated heterocycles. The fourth-order valence-corrected chi connectivity index (χ4v) is 2.57. The van der Waals surface area contributed by atoms with Gasteiger partial charge in [-0.1, -0.05) is 41.0 Å². The summed E-state index contributed by atoms with van der Waals surface area (Å²) in [6, 6.07) is 1.24. The Kier molecular flexibility index (Phi) is 8.89. The van der Waals surface area contributed by atoms with Crippen molar-refractivity contribution in [3.05, 3.63) is 0 Å². The van der Waals surface area contributed by atoms with Gasteiger partial charge in [-0.15, -0.1) is 0 Å². The molecule has 0 rings (SSSR count). The van der Waals surface area contributed by atoms with E-state index in [4.69, 9.17) is 0 Å². The van der Waals surface area contributed by atoms with Gasteiger partial charge in [0.15, 0.2) is 0 Å². The molecule has 0 radical (unpaired) electrons. The van der Waals surface area contributed by atoms with Gasteiger partial charge >= 0.3 is 0 Å². The predicted octanol–water partition coefficient (Wildman–Crippen LogP) is 3.91. The lowest BCUT2D eigenvalue weighted by Gasteiger charge is -2.38. The smallest absolute Gasteiger partial charge is 0.00502 e. The Morgan fingerprint density at radius 1 is 1.06 bits per heavy atom. The number of hydrogen-bond donors (Lipinski definition) is 1. The van der Waals surface area contributed by atoms with E-state index in [0.717, 1.165) is 6.54 Å². The van der Waals surface area contributed by atoms with Crippen molar-refractivity contribution in [2.75, 3.05) is 19.6 Å². The SMILES string of the molecule is CCCN(CC(C)(CCC)CNC(C)C)C(C)C. The van der Waals surface area contributed by atoms with E-state index in [1.54, 1.807) is 0 Å². The molecule has 0 amide bonds. The van der Waals surface area contributed by atoms with Gasteiger partial charge in [-0.2, -0.15) is 0 Å². The monoisotopic (exact) mass is 256 g/mol. The van der Waals surface area contributed by atoms with Crippen LogP contribution in [0.1, 0.15) is 67.7 Å². The van der Waals surface area contributed by atoms with Crippen LogP contribution in [0.15, 0.2) is 0 Å². The van der Waals surface area contributed by atoms with Crippen molar-refractivity contribution in [1.82, 2.24) is 10.2 Å². The number of rotatable bonds is 10. The van der Waals surface area contributed by atoms with Gasteiger partial charge < -0.3 is 10.2 Å². The van der Waals surface area contributed by atoms with Gasteiger partial charge in [0.25, 0.3) is 0 Å². The number of hydrogen-bond acceptors (Lipinski definition) is 2. The van der Waals surface area contributed by atoms with E-state index in [2.05, 4.69) is 58.7 Å². The minimum atomic E-state index is 0.401. The summed E-state index contributed by atoms with van der Waals surface area (Å²) in [5.41, 5.74) is 0.401. The minimum Gasteiger partial charge on any atom is -0.314 e. The highest BCUT2D eigenvalue weighted by Gasteiger charge is 2.27. The van der Waals surface area contributed by atoms with Crippen LogP contribution in [0, 0.1) is 5.41 Å². The third-order valence-corrected chi connectivity index (χ3v) is 3.62. The highest BCUT2D eigenvalue weighted by Crippen LogP contribution is 2.25. The van der Waals surface area contributed by atoms with Gasteiger partial charge in [-0.3, -0.25) is 0 Å². The first-order chi connectivity index (χ1) is 8.34. The molecule has 1 N–H and O–H groups in total.